The first-order valence-corrected chi connectivity index (χ1v) is 5.32. The Labute approximate surface area is 92.1 Å². The normalized spacial score (nSPS) is 14.3. The molecule has 1 aromatic carbocycles. The summed E-state index contributed by atoms with van der Waals surface area (Å²) in [6, 6.07) is 6.42. The predicted molar refractivity (Wildman–Crippen MR) is 57.3 cm³/mol. The van der Waals surface area contributed by atoms with Crippen molar-refractivity contribution in [2.75, 3.05) is 11.9 Å². The average Bonchev–Trinajstić information content (AvgIpc) is 2.74. The number of aromatic nitrogens is 3. The van der Waals surface area contributed by atoms with E-state index in [0.29, 0.717) is 0 Å². The SMILES string of the molecule is Fc1ccc(-c2[nH]nc3[n+]2CCCN3)cc1. The highest BCUT2D eigenvalue weighted by atomic mass is 19.1. The molecular weight excluding hydrogens is 207 g/mol. The Morgan fingerprint density at radius 1 is 1.25 bits per heavy atom. The summed E-state index contributed by atoms with van der Waals surface area (Å²) in [6.07, 6.45) is 1.07. The number of benzene rings is 1. The van der Waals surface area contributed by atoms with Crippen molar-refractivity contribution in [2.45, 2.75) is 13.0 Å². The van der Waals surface area contributed by atoms with Crippen molar-refractivity contribution in [1.82, 2.24) is 10.2 Å². The van der Waals surface area contributed by atoms with Crippen LogP contribution in [0, 0.1) is 5.82 Å². The van der Waals surface area contributed by atoms with Gasteiger partial charge in [0.25, 0.3) is 0 Å². The Morgan fingerprint density at radius 3 is 2.88 bits per heavy atom. The van der Waals surface area contributed by atoms with E-state index in [1.54, 1.807) is 12.1 Å². The van der Waals surface area contributed by atoms with Gasteiger partial charge in [-0.05, 0) is 24.3 Å². The molecule has 16 heavy (non-hydrogen) atoms. The maximum atomic E-state index is 12.8. The molecule has 0 saturated heterocycles. The molecule has 0 saturated carbocycles. The van der Waals surface area contributed by atoms with Gasteiger partial charge in [-0.25, -0.2) is 8.96 Å². The first-order valence-electron chi connectivity index (χ1n) is 5.32. The van der Waals surface area contributed by atoms with Gasteiger partial charge in [0.2, 0.25) is 5.82 Å². The molecule has 0 bridgehead atoms. The van der Waals surface area contributed by atoms with E-state index in [1.165, 1.54) is 12.1 Å². The Balaban J connectivity index is 2.06. The van der Waals surface area contributed by atoms with Crippen molar-refractivity contribution in [3.8, 4) is 11.4 Å². The van der Waals surface area contributed by atoms with Crippen molar-refractivity contribution in [1.29, 1.82) is 0 Å². The maximum Gasteiger partial charge on any atom is 0.377 e. The van der Waals surface area contributed by atoms with Crippen LogP contribution in [0.3, 0.4) is 0 Å². The topological polar surface area (TPSA) is 44.6 Å². The molecule has 0 radical (unpaired) electrons. The monoisotopic (exact) mass is 219 g/mol. The molecule has 0 unspecified atom stereocenters. The van der Waals surface area contributed by atoms with E-state index in [1.807, 2.05) is 0 Å². The van der Waals surface area contributed by atoms with E-state index >= 15 is 0 Å². The van der Waals surface area contributed by atoms with Crippen LogP contribution in [-0.2, 0) is 6.54 Å². The molecule has 2 heterocycles. The number of hydrogen-bond acceptors (Lipinski definition) is 2. The van der Waals surface area contributed by atoms with Crippen LogP contribution in [0.25, 0.3) is 11.4 Å². The summed E-state index contributed by atoms with van der Waals surface area (Å²) >= 11 is 0. The maximum absolute atomic E-state index is 12.8. The molecule has 0 fully saturated rings. The zero-order valence-corrected chi connectivity index (χ0v) is 8.70. The van der Waals surface area contributed by atoms with E-state index in [0.717, 1.165) is 36.8 Å². The minimum Gasteiger partial charge on any atom is -0.292 e. The Hall–Kier alpha value is -1.91. The van der Waals surface area contributed by atoms with Crippen LogP contribution < -0.4 is 9.88 Å². The van der Waals surface area contributed by atoms with Gasteiger partial charge in [-0.3, -0.25) is 5.32 Å². The third-order valence-corrected chi connectivity index (χ3v) is 2.75. The predicted octanol–water partition coefficient (Wildman–Crippen LogP) is 1.32. The van der Waals surface area contributed by atoms with Gasteiger partial charge in [-0.15, -0.1) is 0 Å². The van der Waals surface area contributed by atoms with Gasteiger partial charge < -0.3 is 0 Å². The number of aromatic amines is 1. The molecule has 0 spiro atoms. The quantitative estimate of drug-likeness (QED) is 0.710. The van der Waals surface area contributed by atoms with Crippen LogP contribution in [0.4, 0.5) is 10.3 Å². The summed E-state index contributed by atoms with van der Waals surface area (Å²) in [4.78, 5) is 0. The molecule has 2 aromatic rings. The molecule has 1 aliphatic heterocycles. The number of nitrogens with one attached hydrogen (secondary N) is 2. The first-order chi connectivity index (χ1) is 7.84. The third kappa shape index (κ3) is 1.44. The molecule has 5 heteroatoms. The van der Waals surface area contributed by atoms with E-state index < -0.39 is 0 Å². The van der Waals surface area contributed by atoms with Crippen LogP contribution in [0.2, 0.25) is 0 Å². The highest BCUT2D eigenvalue weighted by molar-refractivity contribution is 5.52. The minimum absolute atomic E-state index is 0.222. The Kier molecular flexibility index (Phi) is 2.09. The molecule has 4 nitrogen and oxygen atoms in total. The minimum atomic E-state index is -0.222. The molecule has 0 aliphatic carbocycles. The van der Waals surface area contributed by atoms with Crippen LogP contribution >= 0.6 is 0 Å². The number of rotatable bonds is 1. The first kappa shape index (κ1) is 9.33. The number of fused-ring (bicyclic) bond motifs is 1. The standard InChI is InChI=1S/C11H11FN4/c12-9-4-2-8(3-5-9)10-14-15-11-13-6-1-7-16(10)11/h2-5H,1,6-7H2,(H,13,15)/p+1. The van der Waals surface area contributed by atoms with Crippen LogP contribution in [0.5, 0.6) is 0 Å². The average molecular weight is 219 g/mol. The summed E-state index contributed by atoms with van der Waals surface area (Å²) in [5.41, 5.74) is 0.948. The van der Waals surface area contributed by atoms with Crippen LogP contribution in [0.1, 0.15) is 6.42 Å². The molecule has 2 N–H and O–H groups in total. The van der Waals surface area contributed by atoms with E-state index in [-0.39, 0.29) is 5.82 Å². The molecule has 0 amide bonds. The number of anilines is 1. The van der Waals surface area contributed by atoms with Crippen molar-refractivity contribution < 1.29 is 8.96 Å². The summed E-state index contributed by atoms with van der Waals surface area (Å²) < 4.78 is 14.9. The van der Waals surface area contributed by atoms with Gasteiger partial charge in [-0.2, -0.15) is 5.10 Å². The largest absolute Gasteiger partial charge is 0.377 e. The van der Waals surface area contributed by atoms with Crippen LogP contribution in [0.15, 0.2) is 24.3 Å². The van der Waals surface area contributed by atoms with Crippen molar-refractivity contribution in [3.05, 3.63) is 30.1 Å². The fourth-order valence-corrected chi connectivity index (χ4v) is 1.95. The van der Waals surface area contributed by atoms with E-state index in [9.17, 15) is 4.39 Å². The van der Waals surface area contributed by atoms with Crippen LogP contribution in [-0.4, -0.2) is 16.7 Å². The second-order valence-electron chi connectivity index (χ2n) is 3.83. The summed E-state index contributed by atoms with van der Waals surface area (Å²) in [7, 11) is 0. The molecule has 3 rings (SSSR count). The van der Waals surface area contributed by atoms with Gasteiger partial charge in [0, 0.05) is 17.1 Å². The highest BCUT2D eigenvalue weighted by Crippen LogP contribution is 2.16. The van der Waals surface area contributed by atoms with Gasteiger partial charge in [0.05, 0.1) is 13.1 Å². The van der Waals surface area contributed by atoms with E-state index in [4.69, 9.17) is 0 Å². The van der Waals surface area contributed by atoms with Gasteiger partial charge >= 0.3 is 5.95 Å². The van der Waals surface area contributed by atoms with Gasteiger partial charge in [0.15, 0.2) is 0 Å². The van der Waals surface area contributed by atoms with Crippen molar-refractivity contribution in [3.63, 3.8) is 0 Å². The summed E-state index contributed by atoms with van der Waals surface area (Å²) in [6.45, 7) is 1.89. The fraction of sp³-hybridized carbons (Fsp3) is 0.273. The van der Waals surface area contributed by atoms with Gasteiger partial charge in [0.1, 0.15) is 5.82 Å². The van der Waals surface area contributed by atoms with Crippen molar-refractivity contribution >= 4 is 5.95 Å². The Morgan fingerprint density at radius 2 is 2.06 bits per heavy atom. The lowest BCUT2D eigenvalue weighted by atomic mass is 10.2. The molecule has 82 valence electrons. The van der Waals surface area contributed by atoms with Crippen molar-refractivity contribution in [2.24, 2.45) is 0 Å². The number of halogens is 1. The second kappa shape index (κ2) is 3.59. The number of nitrogens with zero attached hydrogens (tertiary/aromatic N) is 2. The zero-order chi connectivity index (χ0) is 11.0. The lowest BCUT2D eigenvalue weighted by Gasteiger charge is -2.10. The third-order valence-electron chi connectivity index (χ3n) is 2.75. The second-order valence-corrected chi connectivity index (χ2v) is 3.83. The number of hydrogen-bond donors (Lipinski definition) is 2. The smallest absolute Gasteiger partial charge is 0.292 e. The summed E-state index contributed by atoms with van der Waals surface area (Å²) in [5, 5.41) is 10.4. The van der Waals surface area contributed by atoms with Gasteiger partial charge in [-0.1, -0.05) is 0 Å². The number of H-pyrrole nitrogens is 1. The lowest BCUT2D eigenvalue weighted by Crippen LogP contribution is -2.42. The fourth-order valence-electron chi connectivity index (χ4n) is 1.95. The zero-order valence-electron chi connectivity index (χ0n) is 8.70. The summed E-state index contributed by atoms with van der Waals surface area (Å²) in [5.74, 6) is 1.55. The molecular formula is C11H12FN4+. The molecule has 0 atom stereocenters. The molecule has 1 aromatic heterocycles. The van der Waals surface area contributed by atoms with E-state index in [2.05, 4.69) is 20.1 Å². The highest BCUT2D eigenvalue weighted by Gasteiger charge is 2.22. The molecule has 1 aliphatic rings. The Bertz CT molecular complexity index is 503. The lowest BCUT2D eigenvalue weighted by molar-refractivity contribution is -0.675.